The van der Waals surface area contributed by atoms with E-state index in [1.54, 1.807) is 0 Å². The Morgan fingerprint density at radius 3 is 2.54 bits per heavy atom. The molecule has 24 heavy (non-hydrogen) atoms. The van der Waals surface area contributed by atoms with Gasteiger partial charge in [0.25, 0.3) is 0 Å². The first kappa shape index (κ1) is 16.8. The summed E-state index contributed by atoms with van der Waals surface area (Å²) in [6.07, 6.45) is 5.11. The second-order valence-corrected chi connectivity index (χ2v) is 6.72. The number of hydrogen-bond donors (Lipinski definition) is 2. The Morgan fingerprint density at radius 1 is 1.00 bits per heavy atom. The predicted octanol–water partition coefficient (Wildman–Crippen LogP) is 3.07. The Hall–Kier alpha value is -2.07. The summed E-state index contributed by atoms with van der Waals surface area (Å²) in [7, 11) is 0. The third kappa shape index (κ3) is 4.26. The molecular formula is C20H28N4. The van der Waals surface area contributed by atoms with Crippen LogP contribution in [0.15, 0.2) is 47.5 Å². The van der Waals surface area contributed by atoms with Crippen LogP contribution in [0.1, 0.15) is 37.2 Å². The van der Waals surface area contributed by atoms with Crippen molar-refractivity contribution in [2.45, 2.75) is 31.6 Å². The summed E-state index contributed by atoms with van der Waals surface area (Å²) >= 11 is 0. The number of rotatable bonds is 6. The van der Waals surface area contributed by atoms with Crippen molar-refractivity contribution in [1.82, 2.24) is 4.90 Å². The van der Waals surface area contributed by atoms with Crippen molar-refractivity contribution < 1.29 is 0 Å². The van der Waals surface area contributed by atoms with E-state index < -0.39 is 0 Å². The van der Waals surface area contributed by atoms with Gasteiger partial charge in [0.1, 0.15) is 0 Å². The van der Waals surface area contributed by atoms with Gasteiger partial charge in [-0.1, -0.05) is 48.9 Å². The molecule has 0 saturated carbocycles. The lowest BCUT2D eigenvalue weighted by Crippen LogP contribution is -2.32. The summed E-state index contributed by atoms with van der Waals surface area (Å²) in [5.74, 6) is 0.526. The van der Waals surface area contributed by atoms with E-state index in [-0.39, 0.29) is 5.96 Å². The van der Waals surface area contributed by atoms with Gasteiger partial charge in [-0.2, -0.15) is 0 Å². The van der Waals surface area contributed by atoms with Crippen LogP contribution >= 0.6 is 0 Å². The number of nitrogens with zero attached hydrogens (tertiary/aromatic N) is 2. The molecule has 1 fully saturated rings. The topological polar surface area (TPSA) is 67.6 Å². The molecule has 1 aliphatic heterocycles. The first-order chi connectivity index (χ1) is 11.7. The summed E-state index contributed by atoms with van der Waals surface area (Å²) in [5, 5.41) is 2.59. The molecule has 3 rings (SSSR count). The van der Waals surface area contributed by atoms with E-state index in [0.717, 1.165) is 13.0 Å². The van der Waals surface area contributed by atoms with Crippen molar-refractivity contribution in [3.63, 3.8) is 0 Å². The second-order valence-electron chi connectivity index (χ2n) is 6.72. The van der Waals surface area contributed by atoms with Crippen LogP contribution in [0.4, 0.5) is 0 Å². The van der Waals surface area contributed by atoms with E-state index in [9.17, 15) is 0 Å². The van der Waals surface area contributed by atoms with Crippen LogP contribution in [0.25, 0.3) is 10.8 Å². The summed E-state index contributed by atoms with van der Waals surface area (Å²) < 4.78 is 0. The summed E-state index contributed by atoms with van der Waals surface area (Å²) in [6.45, 7) is 4.23. The van der Waals surface area contributed by atoms with Crippen molar-refractivity contribution in [3.8, 4) is 0 Å². The zero-order valence-corrected chi connectivity index (χ0v) is 14.3. The Bertz CT molecular complexity index is 680. The molecule has 2 aromatic carbocycles. The van der Waals surface area contributed by atoms with E-state index in [2.05, 4.69) is 52.4 Å². The Morgan fingerprint density at radius 2 is 1.75 bits per heavy atom. The van der Waals surface area contributed by atoms with Gasteiger partial charge in [-0.05, 0) is 55.2 Å². The van der Waals surface area contributed by atoms with E-state index in [4.69, 9.17) is 11.5 Å². The molecule has 1 aliphatic rings. The van der Waals surface area contributed by atoms with Crippen LogP contribution in [-0.4, -0.2) is 37.0 Å². The molecule has 4 N–H and O–H groups in total. The maximum atomic E-state index is 5.59. The normalized spacial score (nSPS) is 16.8. The van der Waals surface area contributed by atoms with Crippen molar-refractivity contribution in [1.29, 1.82) is 0 Å². The molecule has 1 saturated heterocycles. The predicted molar refractivity (Wildman–Crippen MR) is 102 cm³/mol. The fourth-order valence-corrected chi connectivity index (χ4v) is 3.69. The zero-order valence-electron chi connectivity index (χ0n) is 14.3. The van der Waals surface area contributed by atoms with Gasteiger partial charge >= 0.3 is 0 Å². The number of piperidine rings is 1. The van der Waals surface area contributed by atoms with E-state index >= 15 is 0 Å². The summed E-state index contributed by atoms with van der Waals surface area (Å²) in [4.78, 5) is 6.91. The maximum absolute atomic E-state index is 5.59. The highest BCUT2D eigenvalue weighted by Crippen LogP contribution is 2.29. The van der Waals surface area contributed by atoms with E-state index in [1.807, 2.05) is 0 Å². The molecule has 4 heteroatoms. The maximum Gasteiger partial charge on any atom is 0.185 e. The highest BCUT2D eigenvalue weighted by molar-refractivity contribution is 5.86. The quantitative estimate of drug-likeness (QED) is 0.634. The number of fused-ring (bicyclic) bond motifs is 1. The third-order valence-corrected chi connectivity index (χ3v) is 5.00. The third-order valence-electron chi connectivity index (χ3n) is 5.00. The van der Waals surface area contributed by atoms with Gasteiger partial charge in [-0.25, -0.2) is 0 Å². The van der Waals surface area contributed by atoms with Gasteiger partial charge < -0.3 is 16.4 Å². The minimum atomic E-state index is 0.179. The van der Waals surface area contributed by atoms with Crippen molar-refractivity contribution >= 4 is 16.7 Å². The van der Waals surface area contributed by atoms with Crippen molar-refractivity contribution in [3.05, 3.63) is 48.0 Å². The number of likely N-dealkylation sites (tertiary alicyclic amines) is 1. The fraction of sp³-hybridized carbons (Fsp3) is 0.450. The van der Waals surface area contributed by atoms with E-state index in [0.29, 0.717) is 12.5 Å². The molecule has 0 radical (unpaired) electrons. The standard InChI is InChI=1S/C20H28N4/c21-20(22)23-15-17(11-14-24-12-4-1-5-13-24)19-10-6-8-16-7-2-3-9-18(16)19/h2-3,6-10,17H,1,4-5,11-15H2,(H4,21,22,23). The highest BCUT2D eigenvalue weighted by atomic mass is 15.1. The molecule has 1 heterocycles. The highest BCUT2D eigenvalue weighted by Gasteiger charge is 2.17. The molecular weight excluding hydrogens is 296 g/mol. The largest absolute Gasteiger partial charge is 0.370 e. The molecule has 0 aliphatic carbocycles. The van der Waals surface area contributed by atoms with Crippen LogP contribution in [-0.2, 0) is 0 Å². The average Bonchev–Trinajstić information content (AvgIpc) is 2.62. The van der Waals surface area contributed by atoms with Gasteiger partial charge in [0.05, 0.1) is 0 Å². The molecule has 0 spiro atoms. The molecule has 0 aromatic heterocycles. The molecule has 4 nitrogen and oxygen atoms in total. The van der Waals surface area contributed by atoms with E-state index in [1.165, 1.54) is 48.7 Å². The average molecular weight is 324 g/mol. The smallest absolute Gasteiger partial charge is 0.185 e. The summed E-state index contributed by atoms with van der Waals surface area (Å²) in [5.41, 5.74) is 12.5. The Labute approximate surface area is 144 Å². The number of aliphatic imine (C=N–C) groups is 1. The van der Waals surface area contributed by atoms with Gasteiger partial charge in [0.15, 0.2) is 5.96 Å². The molecule has 128 valence electrons. The van der Waals surface area contributed by atoms with Crippen LogP contribution in [0.2, 0.25) is 0 Å². The van der Waals surface area contributed by atoms with Gasteiger partial charge in [-0.3, -0.25) is 4.99 Å². The van der Waals surface area contributed by atoms with Gasteiger partial charge in [0.2, 0.25) is 0 Å². The van der Waals surface area contributed by atoms with Crippen LogP contribution in [0.3, 0.4) is 0 Å². The fourth-order valence-electron chi connectivity index (χ4n) is 3.69. The summed E-state index contributed by atoms with van der Waals surface area (Å²) in [6, 6.07) is 15.1. The monoisotopic (exact) mass is 324 g/mol. The van der Waals surface area contributed by atoms with Gasteiger partial charge in [0, 0.05) is 12.5 Å². The first-order valence-corrected chi connectivity index (χ1v) is 8.99. The Balaban J connectivity index is 1.81. The lowest BCUT2D eigenvalue weighted by atomic mass is 9.90. The minimum absolute atomic E-state index is 0.179. The van der Waals surface area contributed by atoms with Gasteiger partial charge in [-0.15, -0.1) is 0 Å². The first-order valence-electron chi connectivity index (χ1n) is 8.99. The molecule has 1 atom stereocenters. The lowest BCUT2D eigenvalue weighted by molar-refractivity contribution is 0.221. The van der Waals surface area contributed by atoms with Crippen LogP contribution in [0.5, 0.6) is 0 Å². The molecule has 0 bridgehead atoms. The van der Waals surface area contributed by atoms with Crippen molar-refractivity contribution in [2.24, 2.45) is 16.5 Å². The van der Waals surface area contributed by atoms with Crippen LogP contribution in [0, 0.1) is 0 Å². The second kappa shape index (κ2) is 8.15. The van der Waals surface area contributed by atoms with Crippen LogP contribution < -0.4 is 11.5 Å². The molecule has 2 aromatic rings. The number of benzene rings is 2. The SMILES string of the molecule is NC(N)=NCC(CCN1CCCCC1)c1cccc2ccccc12. The molecule has 1 unspecified atom stereocenters. The minimum Gasteiger partial charge on any atom is -0.370 e. The zero-order chi connectivity index (χ0) is 16.8. The number of nitrogens with two attached hydrogens (primary N) is 2. The lowest BCUT2D eigenvalue weighted by Gasteiger charge is -2.28. The molecule has 0 amide bonds. The van der Waals surface area contributed by atoms with Crippen molar-refractivity contribution in [2.75, 3.05) is 26.2 Å². The number of guanidine groups is 1. The number of hydrogen-bond acceptors (Lipinski definition) is 2. The Kier molecular flexibility index (Phi) is 5.70.